The lowest BCUT2D eigenvalue weighted by Gasteiger charge is -2.35. The van der Waals surface area contributed by atoms with E-state index >= 15 is 0 Å². The smallest absolute Gasteiger partial charge is 0.309 e. The molecule has 2 aliphatic rings. The fourth-order valence-corrected chi connectivity index (χ4v) is 6.51. The Morgan fingerprint density at radius 2 is 1.88 bits per heavy atom. The van der Waals surface area contributed by atoms with Crippen molar-refractivity contribution in [2.24, 2.45) is 5.92 Å². The summed E-state index contributed by atoms with van der Waals surface area (Å²) < 4.78 is 12.5. The maximum absolute atomic E-state index is 13.5. The molecule has 2 aromatic rings. The minimum Gasteiger partial charge on any atom is -0.497 e. The molecule has 1 aromatic carbocycles. The van der Waals surface area contributed by atoms with E-state index in [1.54, 1.807) is 36.5 Å². The average Bonchev–Trinajstić information content (AvgIpc) is 3.25. The third-order valence-electron chi connectivity index (χ3n) is 7.51. The highest BCUT2D eigenvalue weighted by Crippen LogP contribution is 2.37. The fourth-order valence-electron chi connectivity index (χ4n) is 5.22. The number of ether oxygens (including phenoxy) is 2. The summed E-state index contributed by atoms with van der Waals surface area (Å²) in [6.07, 6.45) is 3.56. The first-order chi connectivity index (χ1) is 19.7. The van der Waals surface area contributed by atoms with Crippen molar-refractivity contribution in [1.82, 2.24) is 9.47 Å². The molecule has 0 spiro atoms. The highest BCUT2D eigenvalue weighted by atomic mass is 32.2. The van der Waals surface area contributed by atoms with Gasteiger partial charge in [0.25, 0.3) is 11.5 Å². The standard InChI is InChI=1S/C30H34N4O5S2/c1-5-33-26(32-14-12-21(13-15-32)29(37)39-6-2)23(19(3)24(18-31)27(33)35)17-25-28(36)34(30(40)41-25)16-11-20-7-9-22(38-4)10-8-20/h7-10,17,21H,5-6,11-16H2,1-4H3/b25-17+. The summed E-state index contributed by atoms with van der Waals surface area (Å²) >= 11 is 6.80. The van der Waals surface area contributed by atoms with E-state index in [-0.39, 0.29) is 28.9 Å². The quantitative estimate of drug-likeness (QED) is 0.239. The lowest BCUT2D eigenvalue weighted by atomic mass is 9.95. The molecule has 0 aliphatic carbocycles. The Balaban J connectivity index is 1.66. The topological polar surface area (TPSA) is 105 Å². The maximum Gasteiger partial charge on any atom is 0.309 e. The van der Waals surface area contributed by atoms with Crippen LogP contribution in [0.4, 0.5) is 5.82 Å². The van der Waals surface area contributed by atoms with Crippen molar-refractivity contribution in [3.05, 3.63) is 61.8 Å². The van der Waals surface area contributed by atoms with Gasteiger partial charge in [0.1, 0.15) is 27.5 Å². The average molecular weight is 595 g/mol. The second-order valence-corrected chi connectivity index (χ2v) is 11.5. The number of thioether (sulfide) groups is 1. The maximum atomic E-state index is 13.5. The number of anilines is 1. The Bertz CT molecular complexity index is 1470. The van der Waals surface area contributed by atoms with E-state index in [9.17, 15) is 19.6 Å². The first-order valence-corrected chi connectivity index (χ1v) is 14.9. The number of rotatable bonds is 9. The van der Waals surface area contributed by atoms with E-state index in [2.05, 4.69) is 11.0 Å². The lowest BCUT2D eigenvalue weighted by molar-refractivity contribution is -0.148. The predicted molar refractivity (Wildman–Crippen MR) is 164 cm³/mol. The summed E-state index contributed by atoms with van der Waals surface area (Å²) in [5.41, 5.74) is 1.92. The van der Waals surface area contributed by atoms with Crippen LogP contribution in [-0.2, 0) is 27.3 Å². The van der Waals surface area contributed by atoms with Gasteiger partial charge < -0.3 is 14.4 Å². The van der Waals surface area contributed by atoms with Crippen LogP contribution in [0.1, 0.15) is 48.9 Å². The van der Waals surface area contributed by atoms with Gasteiger partial charge >= 0.3 is 5.97 Å². The highest BCUT2D eigenvalue weighted by molar-refractivity contribution is 8.26. The number of benzene rings is 1. The van der Waals surface area contributed by atoms with Gasteiger partial charge in [0, 0.05) is 31.7 Å². The van der Waals surface area contributed by atoms with Crippen molar-refractivity contribution >= 4 is 52.1 Å². The predicted octanol–water partition coefficient (Wildman–Crippen LogP) is 4.28. The molecular weight excluding hydrogens is 560 g/mol. The van der Waals surface area contributed by atoms with Gasteiger partial charge in [0.15, 0.2) is 0 Å². The minimum atomic E-state index is -0.362. The molecule has 216 valence electrons. The zero-order valence-electron chi connectivity index (χ0n) is 23.8. The molecule has 0 bridgehead atoms. The van der Waals surface area contributed by atoms with E-state index in [1.807, 2.05) is 31.2 Å². The molecule has 1 amide bonds. The zero-order chi connectivity index (χ0) is 29.7. The fraction of sp³-hybridized carbons (Fsp3) is 0.433. The molecule has 0 atom stereocenters. The van der Waals surface area contributed by atoms with E-state index in [1.165, 1.54) is 11.8 Å². The Morgan fingerprint density at radius 3 is 2.46 bits per heavy atom. The Morgan fingerprint density at radius 1 is 1.20 bits per heavy atom. The number of pyridine rings is 1. The van der Waals surface area contributed by atoms with Crippen LogP contribution in [0.5, 0.6) is 5.75 Å². The number of methoxy groups -OCH3 is 1. The van der Waals surface area contributed by atoms with Crippen molar-refractivity contribution in [1.29, 1.82) is 5.26 Å². The third-order valence-corrected chi connectivity index (χ3v) is 8.89. The summed E-state index contributed by atoms with van der Waals surface area (Å²) in [5, 5.41) is 9.84. The van der Waals surface area contributed by atoms with Crippen LogP contribution in [0.3, 0.4) is 0 Å². The molecule has 4 rings (SSSR count). The number of hydrogen-bond donors (Lipinski definition) is 0. The number of carbonyl (C=O) groups excluding carboxylic acids is 2. The Kier molecular flexibility index (Phi) is 9.89. The third kappa shape index (κ3) is 6.34. The molecule has 2 saturated heterocycles. The first kappa shape index (κ1) is 30.3. The van der Waals surface area contributed by atoms with Crippen LogP contribution in [-0.4, -0.2) is 59.0 Å². The number of hydrogen-bond acceptors (Lipinski definition) is 9. The van der Waals surface area contributed by atoms with E-state index in [0.29, 0.717) is 78.2 Å². The minimum absolute atomic E-state index is 0.0539. The monoisotopic (exact) mass is 594 g/mol. The van der Waals surface area contributed by atoms with Crippen LogP contribution in [0.2, 0.25) is 0 Å². The van der Waals surface area contributed by atoms with Crippen LogP contribution < -0.4 is 15.2 Å². The molecule has 41 heavy (non-hydrogen) atoms. The second-order valence-electron chi connectivity index (χ2n) is 9.84. The van der Waals surface area contributed by atoms with Crippen LogP contribution in [0.15, 0.2) is 34.0 Å². The molecule has 0 saturated carbocycles. The second kappa shape index (κ2) is 13.4. The SMILES string of the molecule is CCOC(=O)C1CCN(c2c(/C=C3/SC(=S)N(CCc4ccc(OC)cc4)C3=O)c(C)c(C#N)c(=O)n2CC)CC1. The molecule has 2 aliphatic heterocycles. The van der Waals surface area contributed by atoms with Crippen molar-refractivity contribution in [2.45, 2.75) is 46.6 Å². The first-order valence-electron chi connectivity index (χ1n) is 13.7. The van der Waals surface area contributed by atoms with Gasteiger partial charge in [-0.3, -0.25) is 23.9 Å². The van der Waals surface area contributed by atoms with Gasteiger partial charge in [0.05, 0.1) is 24.5 Å². The normalized spacial score (nSPS) is 16.8. The number of aromatic nitrogens is 1. The summed E-state index contributed by atoms with van der Waals surface area (Å²) in [6, 6.07) is 9.76. The van der Waals surface area contributed by atoms with E-state index in [4.69, 9.17) is 21.7 Å². The summed E-state index contributed by atoms with van der Waals surface area (Å²) in [6.45, 7) is 7.59. The number of nitriles is 1. The Hall–Kier alpha value is -3.62. The lowest BCUT2D eigenvalue weighted by Crippen LogP contribution is -2.41. The van der Waals surface area contributed by atoms with Crippen molar-refractivity contribution in [2.75, 3.05) is 38.3 Å². The number of nitrogens with zero attached hydrogens (tertiary/aromatic N) is 4. The molecule has 0 radical (unpaired) electrons. The van der Waals surface area contributed by atoms with Gasteiger partial charge in [-0.05, 0) is 69.4 Å². The van der Waals surface area contributed by atoms with E-state index in [0.717, 1.165) is 11.3 Å². The van der Waals surface area contributed by atoms with Gasteiger partial charge in [-0.2, -0.15) is 5.26 Å². The van der Waals surface area contributed by atoms with Gasteiger partial charge in [-0.1, -0.05) is 36.1 Å². The van der Waals surface area contributed by atoms with Gasteiger partial charge in [-0.25, -0.2) is 0 Å². The van der Waals surface area contributed by atoms with Crippen LogP contribution in [0, 0.1) is 24.2 Å². The molecule has 3 heterocycles. The molecule has 0 unspecified atom stereocenters. The molecule has 0 N–H and O–H groups in total. The number of esters is 1. The van der Waals surface area contributed by atoms with Crippen LogP contribution >= 0.6 is 24.0 Å². The number of carbonyl (C=O) groups is 2. The molecular formula is C30H34N4O5S2. The summed E-state index contributed by atoms with van der Waals surface area (Å²) in [4.78, 5) is 43.3. The summed E-state index contributed by atoms with van der Waals surface area (Å²) in [5.74, 6) is 0.823. The summed E-state index contributed by atoms with van der Waals surface area (Å²) in [7, 11) is 1.62. The number of piperidine rings is 1. The van der Waals surface area contributed by atoms with Gasteiger partial charge in [0.2, 0.25) is 0 Å². The largest absolute Gasteiger partial charge is 0.497 e. The molecule has 1 aromatic heterocycles. The molecule has 11 heteroatoms. The molecule has 2 fully saturated rings. The number of amides is 1. The molecule has 9 nitrogen and oxygen atoms in total. The van der Waals surface area contributed by atoms with E-state index < -0.39 is 0 Å². The zero-order valence-corrected chi connectivity index (χ0v) is 25.4. The highest BCUT2D eigenvalue weighted by Gasteiger charge is 2.34. The van der Waals surface area contributed by atoms with Crippen molar-refractivity contribution in [3.8, 4) is 11.8 Å². The van der Waals surface area contributed by atoms with Crippen molar-refractivity contribution < 1.29 is 19.1 Å². The van der Waals surface area contributed by atoms with Gasteiger partial charge in [-0.15, -0.1) is 0 Å². The van der Waals surface area contributed by atoms with Crippen LogP contribution in [0.25, 0.3) is 6.08 Å². The Labute approximate surface area is 249 Å². The van der Waals surface area contributed by atoms with Crippen molar-refractivity contribution in [3.63, 3.8) is 0 Å². The number of thiocarbonyl (C=S) groups is 1.